The van der Waals surface area contributed by atoms with Crippen LogP contribution in [-0.4, -0.2) is 39.2 Å². The summed E-state index contributed by atoms with van der Waals surface area (Å²) < 4.78 is 2.19. The summed E-state index contributed by atoms with van der Waals surface area (Å²) in [4.78, 5) is 30.7. The summed E-state index contributed by atoms with van der Waals surface area (Å²) in [5.41, 5.74) is 1.27. The molecule has 0 saturated carbocycles. The lowest BCUT2D eigenvalue weighted by atomic mass is 9.96. The van der Waals surface area contributed by atoms with Gasteiger partial charge in [0, 0.05) is 48.6 Å². The minimum Gasteiger partial charge on any atom is -0.338 e. The summed E-state index contributed by atoms with van der Waals surface area (Å²) in [7, 11) is 0. The van der Waals surface area contributed by atoms with Crippen LogP contribution < -0.4 is 0 Å². The first-order valence-electron chi connectivity index (χ1n) is 8.90. The second-order valence-electron chi connectivity index (χ2n) is 7.01. The molecule has 1 aliphatic heterocycles. The third kappa shape index (κ3) is 3.65. The van der Waals surface area contributed by atoms with Crippen LogP contribution in [0.2, 0.25) is 0 Å². The maximum Gasteiger partial charge on any atom is 0.253 e. The second-order valence-corrected chi connectivity index (χ2v) is 7.01. The van der Waals surface area contributed by atoms with Gasteiger partial charge in [-0.05, 0) is 45.7 Å². The van der Waals surface area contributed by atoms with Gasteiger partial charge < -0.3 is 9.47 Å². The number of nitrogens with zero attached hydrogens (tertiary/aromatic N) is 3. The van der Waals surface area contributed by atoms with E-state index in [2.05, 4.69) is 23.4 Å². The standard InChI is InChI=1S/C20H25N3O2/c1-14(2)23-12-10-21-19(23)18-5-4-11-22(13-18)20(25)17-8-6-16(7-9-17)15(3)24/h6-10,12,14,18H,4-5,11,13H2,1-3H3. The predicted octanol–water partition coefficient (Wildman–Crippen LogP) is 3.69. The van der Waals surface area contributed by atoms with E-state index in [1.807, 2.05) is 17.3 Å². The average molecular weight is 339 g/mol. The molecule has 2 aromatic rings. The lowest BCUT2D eigenvalue weighted by molar-refractivity contribution is 0.0702. The molecule has 1 atom stereocenters. The van der Waals surface area contributed by atoms with Crippen LogP contribution in [0.15, 0.2) is 36.7 Å². The summed E-state index contributed by atoms with van der Waals surface area (Å²) >= 11 is 0. The maximum atomic E-state index is 12.8. The van der Waals surface area contributed by atoms with Crippen LogP contribution in [-0.2, 0) is 0 Å². The maximum absolute atomic E-state index is 12.8. The van der Waals surface area contributed by atoms with E-state index in [4.69, 9.17) is 0 Å². The molecule has 25 heavy (non-hydrogen) atoms. The highest BCUT2D eigenvalue weighted by molar-refractivity contribution is 5.97. The molecular formula is C20H25N3O2. The highest BCUT2D eigenvalue weighted by Crippen LogP contribution is 2.28. The predicted molar refractivity (Wildman–Crippen MR) is 96.9 cm³/mol. The Morgan fingerprint density at radius 2 is 1.84 bits per heavy atom. The number of Topliss-reactive ketones (excluding diaryl/α,β-unsaturated/α-hetero) is 1. The van der Waals surface area contributed by atoms with Gasteiger partial charge in [-0.1, -0.05) is 12.1 Å². The molecule has 0 bridgehead atoms. The quantitative estimate of drug-likeness (QED) is 0.798. The van der Waals surface area contributed by atoms with E-state index in [0.29, 0.717) is 23.7 Å². The van der Waals surface area contributed by atoms with Gasteiger partial charge in [-0.2, -0.15) is 0 Å². The summed E-state index contributed by atoms with van der Waals surface area (Å²) in [6.07, 6.45) is 5.89. The van der Waals surface area contributed by atoms with Gasteiger partial charge in [-0.15, -0.1) is 0 Å². The topological polar surface area (TPSA) is 55.2 Å². The third-order valence-electron chi connectivity index (χ3n) is 4.87. The fourth-order valence-electron chi connectivity index (χ4n) is 3.48. The van der Waals surface area contributed by atoms with Crippen molar-refractivity contribution in [2.75, 3.05) is 13.1 Å². The molecule has 2 heterocycles. The Morgan fingerprint density at radius 3 is 2.48 bits per heavy atom. The van der Waals surface area contributed by atoms with Gasteiger partial charge >= 0.3 is 0 Å². The summed E-state index contributed by atoms with van der Waals surface area (Å²) in [5, 5.41) is 0. The molecule has 0 aliphatic carbocycles. The first-order chi connectivity index (χ1) is 12.0. The number of piperidine rings is 1. The molecule has 1 saturated heterocycles. The van der Waals surface area contributed by atoms with Crippen LogP contribution >= 0.6 is 0 Å². The average Bonchev–Trinajstić information content (AvgIpc) is 3.11. The fraction of sp³-hybridized carbons (Fsp3) is 0.450. The Kier molecular flexibility index (Phi) is 5.02. The van der Waals surface area contributed by atoms with Gasteiger partial charge in [-0.3, -0.25) is 9.59 Å². The van der Waals surface area contributed by atoms with Crippen molar-refractivity contribution < 1.29 is 9.59 Å². The Hall–Kier alpha value is -2.43. The first-order valence-corrected chi connectivity index (χ1v) is 8.90. The van der Waals surface area contributed by atoms with Crippen molar-refractivity contribution in [1.29, 1.82) is 0 Å². The molecule has 0 spiro atoms. The van der Waals surface area contributed by atoms with E-state index in [1.165, 1.54) is 6.92 Å². The zero-order chi connectivity index (χ0) is 18.0. The minimum absolute atomic E-state index is 0.0116. The largest absolute Gasteiger partial charge is 0.338 e. The second kappa shape index (κ2) is 7.21. The molecule has 5 nitrogen and oxygen atoms in total. The smallest absolute Gasteiger partial charge is 0.253 e. The van der Waals surface area contributed by atoms with E-state index >= 15 is 0 Å². The fourth-order valence-corrected chi connectivity index (χ4v) is 3.48. The number of benzene rings is 1. The number of hydrogen-bond acceptors (Lipinski definition) is 3. The Morgan fingerprint density at radius 1 is 1.16 bits per heavy atom. The molecular weight excluding hydrogens is 314 g/mol. The zero-order valence-electron chi connectivity index (χ0n) is 15.1. The molecule has 1 aromatic heterocycles. The molecule has 1 aliphatic rings. The monoisotopic (exact) mass is 339 g/mol. The van der Waals surface area contributed by atoms with Crippen LogP contribution in [0, 0.1) is 0 Å². The number of carbonyl (C=O) groups is 2. The van der Waals surface area contributed by atoms with Gasteiger partial charge in [0.15, 0.2) is 5.78 Å². The van der Waals surface area contributed by atoms with Crippen molar-refractivity contribution in [3.8, 4) is 0 Å². The minimum atomic E-state index is 0.0116. The van der Waals surface area contributed by atoms with Gasteiger partial charge in [0.2, 0.25) is 0 Å². The van der Waals surface area contributed by atoms with Gasteiger partial charge in [-0.25, -0.2) is 4.98 Å². The van der Waals surface area contributed by atoms with Crippen molar-refractivity contribution in [3.63, 3.8) is 0 Å². The number of rotatable bonds is 4. The molecule has 1 fully saturated rings. The van der Waals surface area contributed by atoms with E-state index in [0.717, 1.165) is 25.2 Å². The molecule has 5 heteroatoms. The number of imidazole rings is 1. The molecule has 0 N–H and O–H groups in total. The van der Waals surface area contributed by atoms with E-state index < -0.39 is 0 Å². The van der Waals surface area contributed by atoms with Crippen molar-refractivity contribution in [3.05, 3.63) is 53.6 Å². The normalized spacial score (nSPS) is 17.8. The number of aromatic nitrogens is 2. The van der Waals surface area contributed by atoms with E-state index in [9.17, 15) is 9.59 Å². The summed E-state index contributed by atoms with van der Waals surface area (Å²) in [6, 6.07) is 7.31. The Balaban J connectivity index is 1.75. The Bertz CT molecular complexity index is 762. The van der Waals surface area contributed by atoms with Crippen LogP contribution in [0.5, 0.6) is 0 Å². The molecule has 1 unspecified atom stereocenters. The number of hydrogen-bond donors (Lipinski definition) is 0. The van der Waals surface area contributed by atoms with Gasteiger partial charge in [0.25, 0.3) is 5.91 Å². The van der Waals surface area contributed by atoms with Gasteiger partial charge in [0.05, 0.1) is 0 Å². The summed E-state index contributed by atoms with van der Waals surface area (Å²) in [5.74, 6) is 1.38. The summed E-state index contributed by atoms with van der Waals surface area (Å²) in [6.45, 7) is 7.28. The van der Waals surface area contributed by atoms with Crippen LogP contribution in [0.25, 0.3) is 0 Å². The molecule has 1 amide bonds. The number of amides is 1. The van der Waals surface area contributed by atoms with Crippen molar-refractivity contribution in [1.82, 2.24) is 14.5 Å². The van der Waals surface area contributed by atoms with Crippen molar-refractivity contribution >= 4 is 11.7 Å². The molecule has 132 valence electrons. The van der Waals surface area contributed by atoms with Crippen LogP contribution in [0.3, 0.4) is 0 Å². The molecule has 1 aromatic carbocycles. The van der Waals surface area contributed by atoms with Crippen LogP contribution in [0.4, 0.5) is 0 Å². The lowest BCUT2D eigenvalue weighted by Gasteiger charge is -2.33. The first kappa shape index (κ1) is 17.4. The number of carbonyl (C=O) groups excluding carboxylic acids is 2. The van der Waals surface area contributed by atoms with E-state index in [1.54, 1.807) is 24.3 Å². The SMILES string of the molecule is CC(=O)c1ccc(C(=O)N2CCCC(c3nccn3C(C)C)C2)cc1. The van der Waals surface area contributed by atoms with Crippen molar-refractivity contribution in [2.24, 2.45) is 0 Å². The molecule has 0 radical (unpaired) electrons. The highest BCUT2D eigenvalue weighted by atomic mass is 16.2. The van der Waals surface area contributed by atoms with Gasteiger partial charge in [0.1, 0.15) is 5.82 Å². The van der Waals surface area contributed by atoms with Crippen molar-refractivity contribution in [2.45, 2.75) is 45.6 Å². The van der Waals surface area contributed by atoms with Crippen LogP contribution in [0.1, 0.15) is 72.1 Å². The number of ketones is 1. The zero-order valence-corrected chi connectivity index (χ0v) is 15.1. The Labute approximate surface area is 148 Å². The van der Waals surface area contributed by atoms with E-state index in [-0.39, 0.29) is 17.6 Å². The third-order valence-corrected chi connectivity index (χ3v) is 4.87. The highest BCUT2D eigenvalue weighted by Gasteiger charge is 2.28. The molecule has 3 rings (SSSR count). The lowest BCUT2D eigenvalue weighted by Crippen LogP contribution is -2.39. The number of likely N-dealkylation sites (tertiary alicyclic amines) is 1.